The molecule has 2 amide bonds. The van der Waals surface area contributed by atoms with Crippen molar-refractivity contribution in [2.24, 2.45) is 0 Å². The average Bonchev–Trinajstić information content (AvgIpc) is 3.42. The summed E-state index contributed by atoms with van der Waals surface area (Å²) >= 11 is 14.6. The van der Waals surface area contributed by atoms with Crippen molar-refractivity contribution in [2.75, 3.05) is 16.4 Å². The molecule has 2 N–H and O–H groups in total. The van der Waals surface area contributed by atoms with Crippen LogP contribution in [0.1, 0.15) is 17.6 Å². The number of rotatable bonds is 9. The van der Waals surface area contributed by atoms with Crippen LogP contribution in [0.25, 0.3) is 11.3 Å². The number of hydrogen-bond acceptors (Lipinski definition) is 7. The molecule has 0 saturated carbocycles. The van der Waals surface area contributed by atoms with Crippen molar-refractivity contribution in [1.82, 2.24) is 19.7 Å². The topological polar surface area (TPSA) is 102 Å². The number of amides is 2. The number of thioether (sulfide) groups is 1. The third kappa shape index (κ3) is 6.44. The average molecular weight is 562 g/mol. The molecule has 0 radical (unpaired) electrons. The molecule has 0 atom stereocenters. The maximum atomic E-state index is 12.6. The Hall–Kier alpha value is -2.92. The van der Waals surface area contributed by atoms with E-state index in [4.69, 9.17) is 23.2 Å². The van der Waals surface area contributed by atoms with Crippen molar-refractivity contribution in [1.29, 1.82) is 0 Å². The number of thiazole rings is 1. The molecule has 2 aromatic carbocycles. The lowest BCUT2D eigenvalue weighted by Crippen LogP contribution is -2.18. The van der Waals surface area contributed by atoms with Gasteiger partial charge in [0.25, 0.3) is 0 Å². The SMILES string of the molecule is CCn1c(CC(=O)Nc2ccc(Cl)c(Cl)c2)nnc1SCC(=O)Nc1nc(-c2ccccc2)c(C)s1. The van der Waals surface area contributed by atoms with E-state index in [2.05, 4.69) is 25.8 Å². The molecule has 36 heavy (non-hydrogen) atoms. The van der Waals surface area contributed by atoms with Crippen LogP contribution in [0, 0.1) is 6.92 Å². The minimum absolute atomic E-state index is 0.0223. The molecule has 0 aliphatic rings. The minimum atomic E-state index is -0.266. The Kier molecular flexibility index (Phi) is 8.63. The molecule has 186 valence electrons. The number of aryl methyl sites for hydroxylation is 1. The molecular formula is C24H22Cl2N6O2S2. The van der Waals surface area contributed by atoms with Gasteiger partial charge in [-0.25, -0.2) is 4.98 Å². The Labute approximate surface area is 226 Å². The predicted molar refractivity (Wildman–Crippen MR) is 146 cm³/mol. The van der Waals surface area contributed by atoms with E-state index in [1.54, 1.807) is 18.2 Å². The smallest absolute Gasteiger partial charge is 0.236 e. The van der Waals surface area contributed by atoms with Gasteiger partial charge in [-0.1, -0.05) is 65.3 Å². The molecular weight excluding hydrogens is 539 g/mol. The molecule has 0 aliphatic heterocycles. The molecule has 0 saturated heterocycles. The van der Waals surface area contributed by atoms with Crippen molar-refractivity contribution in [3.8, 4) is 11.3 Å². The Balaban J connectivity index is 1.34. The van der Waals surface area contributed by atoms with Gasteiger partial charge in [-0.3, -0.25) is 9.59 Å². The van der Waals surface area contributed by atoms with Gasteiger partial charge in [0, 0.05) is 22.7 Å². The molecule has 12 heteroatoms. The number of carbonyl (C=O) groups excluding carboxylic acids is 2. The second-order valence-corrected chi connectivity index (χ2v) is 10.6. The molecule has 4 aromatic rings. The van der Waals surface area contributed by atoms with Crippen LogP contribution in [-0.2, 0) is 22.6 Å². The summed E-state index contributed by atoms with van der Waals surface area (Å²) in [4.78, 5) is 30.7. The summed E-state index contributed by atoms with van der Waals surface area (Å²) in [7, 11) is 0. The maximum absolute atomic E-state index is 12.6. The van der Waals surface area contributed by atoms with Crippen molar-refractivity contribution in [3.05, 3.63) is 69.3 Å². The van der Waals surface area contributed by atoms with Crippen LogP contribution >= 0.6 is 46.3 Å². The van der Waals surface area contributed by atoms with Crippen LogP contribution in [0.5, 0.6) is 0 Å². The summed E-state index contributed by atoms with van der Waals surface area (Å²) in [6.07, 6.45) is 0.0223. The number of halogens is 2. The standard InChI is InChI=1S/C24H22Cl2N6O2S2/c1-3-32-19(12-20(33)27-16-9-10-17(25)18(26)11-16)30-31-24(32)35-13-21(34)28-23-29-22(14(2)36-23)15-7-5-4-6-8-15/h4-11H,3,12-13H2,1-2H3,(H,27,33)(H,28,29,34). The number of anilines is 2. The third-order valence-electron chi connectivity index (χ3n) is 5.05. The van der Waals surface area contributed by atoms with Crippen molar-refractivity contribution in [3.63, 3.8) is 0 Å². The van der Waals surface area contributed by atoms with E-state index >= 15 is 0 Å². The summed E-state index contributed by atoms with van der Waals surface area (Å²) in [5.74, 6) is 0.171. The largest absolute Gasteiger partial charge is 0.326 e. The molecule has 2 heterocycles. The highest BCUT2D eigenvalue weighted by Gasteiger charge is 2.17. The monoisotopic (exact) mass is 560 g/mol. The molecule has 0 aliphatic carbocycles. The third-order valence-corrected chi connectivity index (χ3v) is 7.65. The molecule has 8 nitrogen and oxygen atoms in total. The minimum Gasteiger partial charge on any atom is -0.326 e. The predicted octanol–water partition coefficient (Wildman–Crippen LogP) is 5.95. The van der Waals surface area contributed by atoms with Crippen molar-refractivity contribution < 1.29 is 9.59 Å². The molecule has 0 spiro atoms. The van der Waals surface area contributed by atoms with Gasteiger partial charge in [-0.05, 0) is 32.0 Å². The lowest BCUT2D eigenvalue weighted by molar-refractivity contribution is -0.116. The first-order valence-electron chi connectivity index (χ1n) is 11.0. The van der Waals surface area contributed by atoms with Gasteiger partial charge in [-0.2, -0.15) is 0 Å². The molecule has 2 aromatic heterocycles. The second kappa shape index (κ2) is 11.9. The normalized spacial score (nSPS) is 10.9. The second-order valence-electron chi connectivity index (χ2n) is 7.62. The van der Waals surface area contributed by atoms with E-state index in [1.165, 1.54) is 23.1 Å². The number of carbonyl (C=O) groups is 2. The quantitative estimate of drug-likeness (QED) is 0.245. The van der Waals surface area contributed by atoms with Crippen LogP contribution in [0.2, 0.25) is 10.0 Å². The van der Waals surface area contributed by atoms with Crippen LogP contribution in [0.4, 0.5) is 10.8 Å². The fraction of sp³-hybridized carbons (Fsp3) is 0.208. The zero-order valence-electron chi connectivity index (χ0n) is 19.4. The molecule has 0 bridgehead atoms. The van der Waals surface area contributed by atoms with Gasteiger partial charge in [-0.15, -0.1) is 21.5 Å². The van der Waals surface area contributed by atoms with E-state index in [0.717, 1.165) is 16.1 Å². The van der Waals surface area contributed by atoms with Crippen LogP contribution < -0.4 is 10.6 Å². The molecule has 4 rings (SSSR count). The van der Waals surface area contributed by atoms with Gasteiger partial charge in [0.2, 0.25) is 11.8 Å². The first-order chi connectivity index (χ1) is 17.3. The van der Waals surface area contributed by atoms with Gasteiger partial charge >= 0.3 is 0 Å². The van der Waals surface area contributed by atoms with Crippen LogP contribution in [0.3, 0.4) is 0 Å². The van der Waals surface area contributed by atoms with E-state index in [1.807, 2.05) is 48.7 Å². The Bertz CT molecular complexity index is 1390. The number of aromatic nitrogens is 4. The summed E-state index contributed by atoms with van der Waals surface area (Å²) < 4.78 is 1.81. The Morgan fingerprint density at radius 3 is 2.53 bits per heavy atom. The highest BCUT2D eigenvalue weighted by Crippen LogP contribution is 2.30. The van der Waals surface area contributed by atoms with Gasteiger partial charge in [0.1, 0.15) is 5.82 Å². The van der Waals surface area contributed by atoms with E-state index in [-0.39, 0.29) is 24.0 Å². The van der Waals surface area contributed by atoms with Gasteiger partial charge < -0.3 is 15.2 Å². The molecule has 0 fully saturated rings. The molecule has 0 unspecified atom stereocenters. The maximum Gasteiger partial charge on any atom is 0.236 e. The summed E-state index contributed by atoms with van der Waals surface area (Å²) in [5.41, 5.74) is 2.40. The van der Waals surface area contributed by atoms with E-state index < -0.39 is 0 Å². The Morgan fingerprint density at radius 2 is 1.81 bits per heavy atom. The zero-order chi connectivity index (χ0) is 25.7. The van der Waals surface area contributed by atoms with Crippen molar-refractivity contribution in [2.45, 2.75) is 32.0 Å². The first-order valence-corrected chi connectivity index (χ1v) is 13.5. The zero-order valence-corrected chi connectivity index (χ0v) is 22.6. The van der Waals surface area contributed by atoms with Crippen molar-refractivity contribution >= 4 is 68.9 Å². The fourth-order valence-electron chi connectivity index (χ4n) is 3.40. The Morgan fingerprint density at radius 1 is 1.03 bits per heavy atom. The summed E-state index contributed by atoms with van der Waals surface area (Å²) in [6.45, 7) is 4.46. The van der Waals surface area contributed by atoms with Crippen LogP contribution in [0.15, 0.2) is 53.7 Å². The number of nitrogens with zero attached hydrogens (tertiary/aromatic N) is 4. The lowest BCUT2D eigenvalue weighted by Gasteiger charge is -2.08. The number of nitrogens with one attached hydrogen (secondary N) is 2. The van der Waals surface area contributed by atoms with E-state index in [0.29, 0.717) is 38.4 Å². The number of hydrogen-bond donors (Lipinski definition) is 2. The first kappa shape index (κ1) is 26.2. The highest BCUT2D eigenvalue weighted by atomic mass is 35.5. The highest BCUT2D eigenvalue weighted by molar-refractivity contribution is 7.99. The fourth-order valence-corrected chi connectivity index (χ4v) is 5.37. The lowest BCUT2D eigenvalue weighted by atomic mass is 10.1. The summed E-state index contributed by atoms with van der Waals surface area (Å²) in [5, 5.41) is 15.8. The van der Waals surface area contributed by atoms with E-state index in [9.17, 15) is 9.59 Å². The number of benzene rings is 2. The van der Waals surface area contributed by atoms with Gasteiger partial charge in [0.15, 0.2) is 10.3 Å². The summed E-state index contributed by atoms with van der Waals surface area (Å²) in [6, 6.07) is 14.7. The van der Waals surface area contributed by atoms with Gasteiger partial charge in [0.05, 0.1) is 27.9 Å². The van der Waals surface area contributed by atoms with Crippen LogP contribution in [-0.4, -0.2) is 37.3 Å².